The average molecular weight is 292 g/mol. The fraction of sp³-hybridized carbons (Fsp3) is 0.400. The van der Waals surface area contributed by atoms with Crippen LogP contribution in [-0.4, -0.2) is 26.5 Å². The van der Waals surface area contributed by atoms with Gasteiger partial charge in [-0.15, -0.1) is 0 Å². The van der Waals surface area contributed by atoms with Crippen LogP contribution in [0.15, 0.2) is 22.7 Å². The Balaban J connectivity index is 2.05. The topological polar surface area (TPSA) is 65.8 Å². The number of methoxy groups -OCH3 is 3. The lowest BCUT2D eigenvalue weighted by Crippen LogP contribution is -2.13. The Labute approximate surface area is 124 Å². The molecule has 114 valence electrons. The van der Waals surface area contributed by atoms with Crippen molar-refractivity contribution in [1.29, 1.82) is 0 Å². The van der Waals surface area contributed by atoms with Gasteiger partial charge >= 0.3 is 0 Å². The fourth-order valence-electron chi connectivity index (χ4n) is 2.07. The first-order valence-electron chi connectivity index (χ1n) is 6.59. The van der Waals surface area contributed by atoms with Crippen LogP contribution in [0.2, 0.25) is 0 Å². The molecule has 0 spiro atoms. The molecule has 0 atom stereocenters. The SMILES string of the molecule is COc1cc(CNCc2cc(C)on2)cc(OC)c1OC. The molecule has 1 heterocycles. The first kappa shape index (κ1) is 15.2. The molecule has 6 nitrogen and oxygen atoms in total. The fourth-order valence-corrected chi connectivity index (χ4v) is 2.07. The van der Waals surface area contributed by atoms with Gasteiger partial charge in [0.2, 0.25) is 5.75 Å². The summed E-state index contributed by atoms with van der Waals surface area (Å²) in [4.78, 5) is 0. The minimum absolute atomic E-state index is 0.593. The lowest BCUT2D eigenvalue weighted by Gasteiger charge is -2.14. The van der Waals surface area contributed by atoms with Gasteiger partial charge in [0.15, 0.2) is 11.5 Å². The second-order valence-electron chi connectivity index (χ2n) is 4.57. The highest BCUT2D eigenvalue weighted by Crippen LogP contribution is 2.38. The smallest absolute Gasteiger partial charge is 0.203 e. The molecule has 1 aromatic heterocycles. The number of hydrogen-bond donors (Lipinski definition) is 1. The molecule has 6 heteroatoms. The minimum Gasteiger partial charge on any atom is -0.493 e. The van der Waals surface area contributed by atoms with Crippen LogP contribution < -0.4 is 19.5 Å². The molecule has 0 radical (unpaired) electrons. The lowest BCUT2D eigenvalue weighted by molar-refractivity contribution is 0.323. The number of aryl methyl sites for hydroxylation is 1. The van der Waals surface area contributed by atoms with E-state index in [-0.39, 0.29) is 0 Å². The molecule has 0 aliphatic rings. The standard InChI is InChI=1S/C15H20N2O4/c1-10-5-12(17-21-10)9-16-8-11-6-13(18-2)15(20-4)14(7-11)19-3/h5-7,16H,8-9H2,1-4H3. The molecule has 21 heavy (non-hydrogen) atoms. The van der Waals surface area contributed by atoms with E-state index >= 15 is 0 Å². The Morgan fingerprint density at radius 2 is 1.67 bits per heavy atom. The highest BCUT2D eigenvalue weighted by Gasteiger charge is 2.13. The quantitative estimate of drug-likeness (QED) is 0.844. The van der Waals surface area contributed by atoms with Crippen molar-refractivity contribution >= 4 is 0 Å². The predicted molar refractivity (Wildman–Crippen MR) is 77.9 cm³/mol. The van der Waals surface area contributed by atoms with Crippen LogP contribution in [0.4, 0.5) is 0 Å². The summed E-state index contributed by atoms with van der Waals surface area (Å²) < 4.78 is 21.0. The Morgan fingerprint density at radius 3 is 2.14 bits per heavy atom. The number of ether oxygens (including phenoxy) is 3. The molecule has 2 aromatic rings. The Hall–Kier alpha value is -2.21. The van der Waals surface area contributed by atoms with Crippen molar-refractivity contribution in [3.63, 3.8) is 0 Å². The number of benzene rings is 1. The van der Waals surface area contributed by atoms with Crippen LogP contribution in [0.25, 0.3) is 0 Å². The number of nitrogens with one attached hydrogen (secondary N) is 1. The van der Waals surface area contributed by atoms with Crippen LogP contribution in [0.1, 0.15) is 17.0 Å². The van der Waals surface area contributed by atoms with Gasteiger partial charge in [0.1, 0.15) is 5.76 Å². The van der Waals surface area contributed by atoms with Crippen LogP contribution in [0, 0.1) is 6.92 Å². The van der Waals surface area contributed by atoms with E-state index < -0.39 is 0 Å². The summed E-state index contributed by atoms with van der Waals surface area (Å²) in [6.07, 6.45) is 0. The molecule has 1 N–H and O–H groups in total. The van der Waals surface area contributed by atoms with Crippen molar-refractivity contribution in [3.8, 4) is 17.2 Å². The summed E-state index contributed by atoms with van der Waals surface area (Å²) in [5, 5.41) is 7.23. The van der Waals surface area contributed by atoms with Gasteiger partial charge in [-0.2, -0.15) is 0 Å². The minimum atomic E-state index is 0.593. The average Bonchev–Trinajstić information content (AvgIpc) is 2.91. The molecule has 0 saturated heterocycles. The Morgan fingerprint density at radius 1 is 1.00 bits per heavy atom. The Bertz CT molecular complexity index is 570. The predicted octanol–water partition coefficient (Wildman–Crippen LogP) is 2.30. The summed E-state index contributed by atoms with van der Waals surface area (Å²) in [6, 6.07) is 5.74. The third kappa shape index (κ3) is 3.66. The lowest BCUT2D eigenvalue weighted by atomic mass is 10.1. The van der Waals surface area contributed by atoms with Crippen molar-refractivity contribution in [3.05, 3.63) is 35.2 Å². The van der Waals surface area contributed by atoms with Crippen LogP contribution in [0.3, 0.4) is 0 Å². The monoisotopic (exact) mass is 292 g/mol. The maximum Gasteiger partial charge on any atom is 0.203 e. The summed E-state index contributed by atoms with van der Waals surface area (Å²) >= 11 is 0. The van der Waals surface area contributed by atoms with Gasteiger partial charge in [0.25, 0.3) is 0 Å². The van der Waals surface area contributed by atoms with E-state index in [4.69, 9.17) is 18.7 Å². The van der Waals surface area contributed by atoms with Gasteiger partial charge in [0, 0.05) is 19.2 Å². The third-order valence-corrected chi connectivity index (χ3v) is 3.04. The van der Waals surface area contributed by atoms with E-state index in [0.717, 1.165) is 17.0 Å². The van der Waals surface area contributed by atoms with E-state index in [1.165, 1.54) is 0 Å². The van der Waals surface area contributed by atoms with Gasteiger partial charge < -0.3 is 24.1 Å². The third-order valence-electron chi connectivity index (χ3n) is 3.04. The van der Waals surface area contributed by atoms with E-state index in [1.54, 1.807) is 21.3 Å². The number of rotatable bonds is 7. The normalized spacial score (nSPS) is 10.5. The van der Waals surface area contributed by atoms with Crippen molar-refractivity contribution in [2.45, 2.75) is 20.0 Å². The summed E-state index contributed by atoms with van der Waals surface area (Å²) in [5.41, 5.74) is 1.91. The molecule has 1 aromatic carbocycles. The second-order valence-corrected chi connectivity index (χ2v) is 4.57. The molecule has 0 saturated carbocycles. The summed E-state index contributed by atoms with van der Waals surface area (Å²) in [7, 11) is 4.80. The largest absolute Gasteiger partial charge is 0.493 e. The van der Waals surface area contributed by atoms with E-state index in [1.807, 2.05) is 25.1 Å². The Kier molecular flexibility index (Phi) is 5.05. The molecule has 0 aliphatic heterocycles. The molecular formula is C15H20N2O4. The van der Waals surface area contributed by atoms with Crippen LogP contribution in [-0.2, 0) is 13.1 Å². The summed E-state index contributed by atoms with van der Waals surface area (Å²) in [5.74, 6) is 2.69. The van der Waals surface area contributed by atoms with Gasteiger partial charge in [0.05, 0.1) is 27.0 Å². The number of hydrogen-bond acceptors (Lipinski definition) is 6. The molecule has 0 bridgehead atoms. The molecule has 0 aliphatic carbocycles. The van der Waals surface area contributed by atoms with Crippen LogP contribution in [0.5, 0.6) is 17.2 Å². The highest BCUT2D eigenvalue weighted by atomic mass is 16.5. The first-order chi connectivity index (χ1) is 10.2. The van der Waals surface area contributed by atoms with Crippen molar-refractivity contribution in [1.82, 2.24) is 10.5 Å². The molecule has 2 rings (SSSR count). The van der Waals surface area contributed by atoms with Crippen molar-refractivity contribution < 1.29 is 18.7 Å². The second kappa shape index (κ2) is 6.99. The van der Waals surface area contributed by atoms with E-state index in [2.05, 4.69) is 10.5 Å². The molecular weight excluding hydrogens is 272 g/mol. The van der Waals surface area contributed by atoms with E-state index in [9.17, 15) is 0 Å². The zero-order chi connectivity index (χ0) is 15.2. The van der Waals surface area contributed by atoms with Gasteiger partial charge in [-0.05, 0) is 24.6 Å². The van der Waals surface area contributed by atoms with Crippen molar-refractivity contribution in [2.75, 3.05) is 21.3 Å². The number of nitrogens with zero attached hydrogens (tertiary/aromatic N) is 1. The zero-order valence-corrected chi connectivity index (χ0v) is 12.7. The van der Waals surface area contributed by atoms with Crippen LogP contribution >= 0.6 is 0 Å². The van der Waals surface area contributed by atoms with Gasteiger partial charge in [-0.3, -0.25) is 0 Å². The maximum absolute atomic E-state index is 5.33. The maximum atomic E-state index is 5.33. The van der Waals surface area contributed by atoms with Gasteiger partial charge in [-0.1, -0.05) is 5.16 Å². The molecule has 0 unspecified atom stereocenters. The molecule has 0 amide bonds. The number of aromatic nitrogens is 1. The molecule has 0 fully saturated rings. The zero-order valence-electron chi connectivity index (χ0n) is 12.7. The van der Waals surface area contributed by atoms with E-state index in [0.29, 0.717) is 30.3 Å². The van der Waals surface area contributed by atoms with Gasteiger partial charge in [-0.25, -0.2) is 0 Å². The summed E-state index contributed by atoms with van der Waals surface area (Å²) in [6.45, 7) is 3.16. The highest BCUT2D eigenvalue weighted by molar-refractivity contribution is 5.53. The van der Waals surface area contributed by atoms with Crippen molar-refractivity contribution in [2.24, 2.45) is 0 Å². The first-order valence-corrected chi connectivity index (χ1v) is 6.59.